The SMILES string of the molecule is CCN(C1CCCC1CN)S(=O)(=O)Cc1ccccc1. The van der Waals surface area contributed by atoms with Crippen LogP contribution in [0.2, 0.25) is 0 Å². The van der Waals surface area contributed by atoms with Crippen molar-refractivity contribution in [3.05, 3.63) is 35.9 Å². The van der Waals surface area contributed by atoms with E-state index in [1.807, 2.05) is 37.3 Å². The fourth-order valence-electron chi connectivity index (χ4n) is 3.18. The predicted molar refractivity (Wildman–Crippen MR) is 81.6 cm³/mol. The molecule has 5 heteroatoms. The second-order valence-corrected chi connectivity index (χ2v) is 7.36. The minimum Gasteiger partial charge on any atom is -0.330 e. The highest BCUT2D eigenvalue weighted by atomic mass is 32.2. The Labute approximate surface area is 122 Å². The maximum absolute atomic E-state index is 12.7. The maximum atomic E-state index is 12.7. The third kappa shape index (κ3) is 3.40. The van der Waals surface area contributed by atoms with Gasteiger partial charge >= 0.3 is 0 Å². The number of benzene rings is 1. The van der Waals surface area contributed by atoms with E-state index >= 15 is 0 Å². The van der Waals surface area contributed by atoms with Crippen LogP contribution in [-0.2, 0) is 15.8 Å². The standard InChI is InChI=1S/C15H24N2O2S/c1-2-17(15-10-6-9-14(15)11-16)20(18,19)12-13-7-4-3-5-8-13/h3-5,7-8,14-15H,2,6,9-12,16H2,1H3. The number of rotatable bonds is 6. The lowest BCUT2D eigenvalue weighted by atomic mass is 10.0. The molecule has 1 aromatic carbocycles. The van der Waals surface area contributed by atoms with Crippen LogP contribution in [0.15, 0.2) is 30.3 Å². The lowest BCUT2D eigenvalue weighted by molar-refractivity contribution is 0.276. The Morgan fingerprint density at radius 1 is 1.25 bits per heavy atom. The van der Waals surface area contributed by atoms with Crippen LogP contribution in [0, 0.1) is 5.92 Å². The summed E-state index contributed by atoms with van der Waals surface area (Å²) in [7, 11) is -3.27. The molecule has 1 fully saturated rings. The molecule has 0 amide bonds. The Bertz CT molecular complexity index is 516. The summed E-state index contributed by atoms with van der Waals surface area (Å²) in [6.45, 7) is 3.01. The Hall–Kier alpha value is -0.910. The Morgan fingerprint density at radius 2 is 1.95 bits per heavy atom. The summed E-state index contributed by atoms with van der Waals surface area (Å²) in [5.74, 6) is 0.385. The summed E-state index contributed by atoms with van der Waals surface area (Å²) in [4.78, 5) is 0. The van der Waals surface area contributed by atoms with Crippen LogP contribution in [0.4, 0.5) is 0 Å². The highest BCUT2D eigenvalue weighted by molar-refractivity contribution is 7.88. The molecule has 0 aliphatic heterocycles. The number of sulfonamides is 1. The van der Waals surface area contributed by atoms with Gasteiger partial charge in [-0.05, 0) is 30.9 Å². The molecular weight excluding hydrogens is 272 g/mol. The van der Waals surface area contributed by atoms with Gasteiger partial charge in [0.05, 0.1) is 5.75 Å². The van der Waals surface area contributed by atoms with Crippen molar-refractivity contribution in [3.8, 4) is 0 Å². The second kappa shape index (κ2) is 6.70. The highest BCUT2D eigenvalue weighted by Crippen LogP contribution is 2.31. The van der Waals surface area contributed by atoms with Crippen molar-refractivity contribution in [1.82, 2.24) is 4.31 Å². The van der Waals surface area contributed by atoms with Gasteiger partial charge in [0.1, 0.15) is 0 Å². The topological polar surface area (TPSA) is 63.4 Å². The van der Waals surface area contributed by atoms with E-state index in [9.17, 15) is 8.42 Å². The predicted octanol–water partition coefficient (Wildman–Crippen LogP) is 1.97. The number of hydrogen-bond acceptors (Lipinski definition) is 3. The summed E-state index contributed by atoms with van der Waals surface area (Å²) < 4.78 is 27.0. The van der Waals surface area contributed by atoms with Crippen molar-refractivity contribution < 1.29 is 8.42 Å². The van der Waals surface area contributed by atoms with Gasteiger partial charge in [0, 0.05) is 12.6 Å². The van der Waals surface area contributed by atoms with E-state index < -0.39 is 10.0 Å². The smallest absolute Gasteiger partial charge is 0.218 e. The van der Waals surface area contributed by atoms with Gasteiger partial charge in [-0.1, -0.05) is 43.7 Å². The van der Waals surface area contributed by atoms with Gasteiger partial charge < -0.3 is 5.73 Å². The number of nitrogens with two attached hydrogens (primary N) is 1. The van der Waals surface area contributed by atoms with Crippen LogP contribution < -0.4 is 5.73 Å². The fourth-order valence-corrected chi connectivity index (χ4v) is 5.04. The molecular formula is C15H24N2O2S. The third-order valence-electron chi connectivity index (χ3n) is 4.15. The summed E-state index contributed by atoms with van der Waals surface area (Å²) in [6, 6.07) is 9.45. The Morgan fingerprint density at radius 3 is 2.55 bits per heavy atom. The van der Waals surface area contributed by atoms with Crippen molar-refractivity contribution in [3.63, 3.8) is 0 Å². The van der Waals surface area contributed by atoms with Gasteiger partial charge in [-0.25, -0.2) is 8.42 Å². The van der Waals surface area contributed by atoms with Gasteiger partial charge in [0.15, 0.2) is 0 Å². The van der Waals surface area contributed by atoms with E-state index in [0.717, 1.165) is 24.8 Å². The van der Waals surface area contributed by atoms with Crippen molar-refractivity contribution >= 4 is 10.0 Å². The molecule has 0 heterocycles. The highest BCUT2D eigenvalue weighted by Gasteiger charge is 2.36. The lowest BCUT2D eigenvalue weighted by Crippen LogP contribution is -2.44. The molecule has 2 rings (SSSR count). The molecule has 1 aliphatic rings. The van der Waals surface area contributed by atoms with E-state index in [1.54, 1.807) is 4.31 Å². The van der Waals surface area contributed by atoms with Crippen LogP contribution in [0.5, 0.6) is 0 Å². The lowest BCUT2D eigenvalue weighted by Gasteiger charge is -2.31. The Kier molecular flexibility index (Phi) is 5.18. The molecule has 2 atom stereocenters. The van der Waals surface area contributed by atoms with Crippen LogP contribution in [-0.4, -0.2) is 31.9 Å². The molecule has 2 unspecified atom stereocenters. The van der Waals surface area contributed by atoms with Crippen LogP contribution in [0.25, 0.3) is 0 Å². The molecule has 2 N–H and O–H groups in total. The third-order valence-corrected chi connectivity index (χ3v) is 6.09. The van der Waals surface area contributed by atoms with Gasteiger partial charge in [0.2, 0.25) is 10.0 Å². The first-order valence-corrected chi connectivity index (χ1v) is 8.93. The monoisotopic (exact) mass is 296 g/mol. The molecule has 0 saturated heterocycles. The summed E-state index contributed by atoms with van der Waals surface area (Å²) in [5, 5.41) is 0. The van der Waals surface area contributed by atoms with Gasteiger partial charge in [-0.2, -0.15) is 4.31 Å². The van der Waals surface area contributed by atoms with Crippen LogP contribution in [0.1, 0.15) is 31.7 Å². The fraction of sp³-hybridized carbons (Fsp3) is 0.600. The van der Waals surface area contributed by atoms with E-state index in [2.05, 4.69) is 0 Å². The van der Waals surface area contributed by atoms with E-state index in [4.69, 9.17) is 5.73 Å². The van der Waals surface area contributed by atoms with Crippen LogP contribution in [0.3, 0.4) is 0 Å². The van der Waals surface area contributed by atoms with Gasteiger partial charge in [-0.15, -0.1) is 0 Å². The molecule has 0 aromatic heterocycles. The summed E-state index contributed by atoms with van der Waals surface area (Å²) in [6.07, 6.45) is 3.05. The van der Waals surface area contributed by atoms with Gasteiger partial charge in [-0.3, -0.25) is 0 Å². The molecule has 1 aromatic rings. The normalized spacial score (nSPS) is 23.4. The first-order chi connectivity index (χ1) is 9.58. The maximum Gasteiger partial charge on any atom is 0.218 e. The molecule has 112 valence electrons. The molecule has 1 saturated carbocycles. The molecule has 0 radical (unpaired) electrons. The zero-order valence-electron chi connectivity index (χ0n) is 12.0. The van der Waals surface area contributed by atoms with E-state index in [1.165, 1.54) is 0 Å². The second-order valence-electron chi connectivity index (χ2n) is 5.44. The molecule has 4 nitrogen and oxygen atoms in total. The molecule has 0 spiro atoms. The summed E-state index contributed by atoms with van der Waals surface area (Å²) >= 11 is 0. The van der Waals surface area contributed by atoms with Crippen molar-refractivity contribution in [2.45, 2.75) is 38.0 Å². The summed E-state index contributed by atoms with van der Waals surface area (Å²) in [5.41, 5.74) is 6.63. The zero-order chi connectivity index (χ0) is 14.6. The van der Waals surface area contributed by atoms with Gasteiger partial charge in [0.25, 0.3) is 0 Å². The molecule has 20 heavy (non-hydrogen) atoms. The minimum absolute atomic E-state index is 0.0788. The van der Waals surface area contributed by atoms with Crippen molar-refractivity contribution in [1.29, 1.82) is 0 Å². The van der Waals surface area contributed by atoms with E-state index in [0.29, 0.717) is 19.0 Å². The molecule has 0 bridgehead atoms. The average Bonchev–Trinajstić information content (AvgIpc) is 2.88. The minimum atomic E-state index is -3.27. The number of nitrogens with zero attached hydrogens (tertiary/aromatic N) is 1. The van der Waals surface area contributed by atoms with Crippen molar-refractivity contribution in [2.24, 2.45) is 11.7 Å². The van der Waals surface area contributed by atoms with E-state index in [-0.39, 0.29) is 11.8 Å². The zero-order valence-corrected chi connectivity index (χ0v) is 12.8. The first-order valence-electron chi connectivity index (χ1n) is 7.32. The first kappa shape index (κ1) is 15.5. The number of hydrogen-bond donors (Lipinski definition) is 1. The average molecular weight is 296 g/mol. The quantitative estimate of drug-likeness (QED) is 0.873. The van der Waals surface area contributed by atoms with Crippen molar-refractivity contribution in [2.75, 3.05) is 13.1 Å². The molecule has 1 aliphatic carbocycles. The van der Waals surface area contributed by atoms with Crippen LogP contribution >= 0.6 is 0 Å². The Balaban J connectivity index is 2.17. The largest absolute Gasteiger partial charge is 0.330 e.